The van der Waals surface area contributed by atoms with Crippen LogP contribution in [-0.2, 0) is 4.79 Å². The van der Waals surface area contributed by atoms with Crippen LogP contribution in [0.2, 0.25) is 0 Å². The second kappa shape index (κ2) is 8.93. The molecule has 2 aliphatic rings. The largest absolute Gasteiger partial charge is 0.478 e. The monoisotopic (exact) mass is 461 g/mol. The molecule has 1 aromatic heterocycles. The highest BCUT2D eigenvalue weighted by molar-refractivity contribution is 6.05. The van der Waals surface area contributed by atoms with Gasteiger partial charge in [0.15, 0.2) is 11.6 Å². The Labute approximate surface area is 187 Å². The van der Waals surface area contributed by atoms with E-state index in [0.29, 0.717) is 37.0 Å². The van der Waals surface area contributed by atoms with Crippen molar-refractivity contribution in [3.63, 3.8) is 0 Å². The van der Waals surface area contributed by atoms with Gasteiger partial charge in [-0.15, -0.1) is 0 Å². The summed E-state index contributed by atoms with van der Waals surface area (Å²) in [7, 11) is 0. The molecule has 2 unspecified atom stereocenters. The van der Waals surface area contributed by atoms with Crippen molar-refractivity contribution in [2.45, 2.75) is 13.8 Å². The minimum absolute atomic E-state index is 0.0955. The lowest BCUT2D eigenvalue weighted by Gasteiger charge is -2.23. The van der Waals surface area contributed by atoms with E-state index in [1.54, 1.807) is 0 Å². The van der Waals surface area contributed by atoms with Crippen LogP contribution >= 0.6 is 0 Å². The minimum atomic E-state index is -1.64. The third-order valence-electron chi connectivity index (χ3n) is 6.15. The number of carboxylic acid groups (broad SMARTS) is 2. The molecule has 2 atom stereocenters. The van der Waals surface area contributed by atoms with Crippen LogP contribution in [0.3, 0.4) is 0 Å². The number of pyridine rings is 1. The van der Waals surface area contributed by atoms with E-state index in [2.05, 4.69) is 24.1 Å². The first-order valence-corrected chi connectivity index (χ1v) is 9.89. The summed E-state index contributed by atoms with van der Waals surface area (Å²) in [5, 5.41) is 19.8. The summed E-state index contributed by atoms with van der Waals surface area (Å²) in [6, 6.07) is 4.60. The molecule has 1 aromatic carbocycles. The standard InChI is InChI=1S/C15H15F2NO3.C7H6N2O3/c1-15(2)8-5-18(6-9(8)15)13(19)7-3-4-10(16)12(17)11(7)14(20)21;10-4-9-5-1-2-8-6(3-5)7(11)12/h3-4,8-9H,5-6H2,1-2H3,(H,20,21);1-4H,(H,11,12)(H,8,9,10). The average Bonchev–Trinajstić information content (AvgIpc) is 3.08. The Bertz CT molecular complexity index is 1120. The molecule has 0 radical (unpaired) electrons. The third kappa shape index (κ3) is 4.66. The molecule has 1 saturated heterocycles. The number of benzene rings is 1. The lowest BCUT2D eigenvalue weighted by atomic mass is 10.0. The summed E-state index contributed by atoms with van der Waals surface area (Å²) in [5.41, 5.74) is -0.653. The number of anilines is 1. The van der Waals surface area contributed by atoms with Crippen molar-refractivity contribution in [1.82, 2.24) is 9.88 Å². The van der Waals surface area contributed by atoms with Crippen LogP contribution < -0.4 is 5.32 Å². The van der Waals surface area contributed by atoms with Gasteiger partial charge in [0.2, 0.25) is 6.41 Å². The van der Waals surface area contributed by atoms with Crippen LogP contribution in [-0.4, -0.2) is 57.4 Å². The number of aromatic carboxylic acids is 2. The van der Waals surface area contributed by atoms with E-state index < -0.39 is 35.0 Å². The zero-order chi connectivity index (χ0) is 24.5. The minimum Gasteiger partial charge on any atom is -0.478 e. The van der Waals surface area contributed by atoms with E-state index in [0.717, 1.165) is 12.1 Å². The number of nitrogens with one attached hydrogen (secondary N) is 1. The highest BCUT2D eigenvalue weighted by atomic mass is 19.2. The van der Waals surface area contributed by atoms with Crippen molar-refractivity contribution in [1.29, 1.82) is 0 Å². The van der Waals surface area contributed by atoms with Gasteiger partial charge in [-0.2, -0.15) is 0 Å². The van der Waals surface area contributed by atoms with E-state index in [-0.39, 0.29) is 16.7 Å². The molecule has 2 fully saturated rings. The van der Waals surface area contributed by atoms with Gasteiger partial charge in [-0.05, 0) is 41.5 Å². The summed E-state index contributed by atoms with van der Waals surface area (Å²) in [6.45, 7) is 5.33. The van der Waals surface area contributed by atoms with Crippen LogP contribution in [0.1, 0.15) is 45.1 Å². The molecule has 4 rings (SSSR count). The predicted octanol–water partition coefficient (Wildman–Crippen LogP) is 2.74. The number of nitrogens with zero attached hydrogens (tertiary/aromatic N) is 2. The van der Waals surface area contributed by atoms with Gasteiger partial charge in [0, 0.05) is 25.0 Å². The molecular formula is C22H21F2N3O6. The van der Waals surface area contributed by atoms with E-state index in [9.17, 15) is 28.0 Å². The zero-order valence-electron chi connectivity index (χ0n) is 17.7. The van der Waals surface area contributed by atoms with Gasteiger partial charge >= 0.3 is 11.9 Å². The number of amides is 2. The Hall–Kier alpha value is -3.89. The van der Waals surface area contributed by atoms with E-state index in [4.69, 9.17) is 10.2 Å². The number of fused-ring (bicyclic) bond motifs is 1. The second-order valence-electron chi connectivity index (χ2n) is 8.33. The number of piperidine rings is 1. The van der Waals surface area contributed by atoms with Gasteiger partial charge < -0.3 is 20.4 Å². The van der Waals surface area contributed by atoms with Crippen LogP contribution in [0.25, 0.3) is 0 Å². The van der Waals surface area contributed by atoms with E-state index in [1.165, 1.54) is 23.2 Å². The molecule has 2 aromatic rings. The Balaban J connectivity index is 0.000000218. The molecule has 1 saturated carbocycles. The summed E-state index contributed by atoms with van der Waals surface area (Å²) in [6.07, 6.45) is 1.79. The summed E-state index contributed by atoms with van der Waals surface area (Å²) in [5.74, 6) is -5.26. The third-order valence-corrected chi connectivity index (χ3v) is 6.15. The van der Waals surface area contributed by atoms with Crippen LogP contribution in [0.4, 0.5) is 14.5 Å². The highest BCUT2D eigenvalue weighted by Gasteiger charge is 2.62. The number of hydrogen-bond donors (Lipinski definition) is 3. The lowest BCUT2D eigenvalue weighted by molar-refractivity contribution is -0.105. The Kier molecular flexibility index (Phi) is 6.43. The molecule has 3 N–H and O–H groups in total. The average molecular weight is 461 g/mol. The fourth-order valence-electron chi connectivity index (χ4n) is 4.11. The van der Waals surface area contributed by atoms with Gasteiger partial charge in [0.25, 0.3) is 5.91 Å². The first kappa shape index (κ1) is 23.8. The topological polar surface area (TPSA) is 137 Å². The predicted molar refractivity (Wildman–Crippen MR) is 111 cm³/mol. The molecule has 0 spiro atoms. The molecule has 2 amide bonds. The Morgan fingerprint density at radius 2 is 1.76 bits per heavy atom. The maximum absolute atomic E-state index is 13.6. The van der Waals surface area contributed by atoms with Crippen molar-refractivity contribution in [3.05, 3.63) is 58.9 Å². The molecule has 33 heavy (non-hydrogen) atoms. The molecule has 1 aliphatic heterocycles. The van der Waals surface area contributed by atoms with Crippen molar-refractivity contribution >= 4 is 29.9 Å². The molecular weight excluding hydrogens is 440 g/mol. The number of carbonyl (C=O) groups excluding carboxylic acids is 2. The molecule has 11 heteroatoms. The second-order valence-corrected chi connectivity index (χ2v) is 8.33. The van der Waals surface area contributed by atoms with Gasteiger partial charge in [0.05, 0.1) is 5.56 Å². The number of halogens is 2. The molecule has 0 bridgehead atoms. The lowest BCUT2D eigenvalue weighted by Crippen LogP contribution is -2.34. The fourth-order valence-corrected chi connectivity index (χ4v) is 4.11. The summed E-state index contributed by atoms with van der Waals surface area (Å²) >= 11 is 0. The number of hydrogen-bond acceptors (Lipinski definition) is 5. The van der Waals surface area contributed by atoms with Gasteiger partial charge in [-0.25, -0.2) is 23.4 Å². The number of rotatable bonds is 5. The first-order chi connectivity index (χ1) is 15.5. The van der Waals surface area contributed by atoms with E-state index >= 15 is 0 Å². The highest BCUT2D eigenvalue weighted by Crippen LogP contribution is 2.62. The normalized spacial score (nSPS) is 19.6. The van der Waals surface area contributed by atoms with Crippen LogP contribution in [0.5, 0.6) is 0 Å². The van der Waals surface area contributed by atoms with Crippen molar-refractivity contribution < 1.29 is 38.2 Å². The zero-order valence-corrected chi connectivity index (χ0v) is 17.7. The SMILES string of the molecule is CC1(C)C2CN(C(=O)c3ccc(F)c(F)c3C(=O)O)CC21.O=CNc1ccnc(C(=O)O)c1. The number of aromatic nitrogens is 1. The van der Waals surface area contributed by atoms with Gasteiger partial charge in [-0.1, -0.05) is 13.8 Å². The van der Waals surface area contributed by atoms with Crippen LogP contribution in [0, 0.1) is 28.9 Å². The molecule has 9 nitrogen and oxygen atoms in total. The number of likely N-dealkylation sites (tertiary alicyclic amines) is 1. The number of carbonyl (C=O) groups is 4. The molecule has 174 valence electrons. The Morgan fingerprint density at radius 3 is 2.30 bits per heavy atom. The smallest absolute Gasteiger partial charge is 0.354 e. The van der Waals surface area contributed by atoms with Crippen molar-refractivity contribution in [3.8, 4) is 0 Å². The van der Waals surface area contributed by atoms with E-state index in [1.807, 2.05) is 0 Å². The Morgan fingerprint density at radius 1 is 1.12 bits per heavy atom. The summed E-state index contributed by atoms with van der Waals surface area (Å²) < 4.78 is 26.8. The maximum Gasteiger partial charge on any atom is 0.354 e. The summed E-state index contributed by atoms with van der Waals surface area (Å²) in [4.78, 5) is 48.9. The molecule has 2 heterocycles. The maximum atomic E-state index is 13.6. The molecule has 1 aliphatic carbocycles. The van der Waals surface area contributed by atoms with Crippen molar-refractivity contribution in [2.75, 3.05) is 18.4 Å². The van der Waals surface area contributed by atoms with Crippen molar-refractivity contribution in [2.24, 2.45) is 17.3 Å². The van der Waals surface area contributed by atoms with Crippen LogP contribution in [0.15, 0.2) is 30.5 Å². The van der Waals surface area contributed by atoms with Gasteiger partial charge in [0.1, 0.15) is 11.3 Å². The van der Waals surface area contributed by atoms with Gasteiger partial charge in [-0.3, -0.25) is 9.59 Å². The fraction of sp³-hybridized carbons (Fsp3) is 0.318. The first-order valence-electron chi connectivity index (χ1n) is 9.89. The quantitative estimate of drug-likeness (QED) is 0.582. The number of carboxylic acids is 2.